The van der Waals surface area contributed by atoms with E-state index in [1.807, 2.05) is 38.1 Å². The van der Waals surface area contributed by atoms with Crippen LogP contribution in [0.2, 0.25) is 0 Å². The van der Waals surface area contributed by atoms with Gasteiger partial charge in [0.25, 0.3) is 0 Å². The first-order chi connectivity index (χ1) is 14.4. The largest absolute Gasteiger partial charge is 0.299 e. The van der Waals surface area contributed by atoms with Crippen molar-refractivity contribution in [2.75, 3.05) is 5.32 Å². The molecule has 0 spiro atoms. The maximum atomic E-state index is 13.4. The second kappa shape index (κ2) is 8.25. The summed E-state index contributed by atoms with van der Waals surface area (Å²) in [5.74, 6) is -0.404. The van der Waals surface area contributed by atoms with Crippen LogP contribution in [0.4, 0.5) is 5.13 Å². The van der Waals surface area contributed by atoms with E-state index in [2.05, 4.69) is 15.5 Å². The summed E-state index contributed by atoms with van der Waals surface area (Å²) in [5.41, 5.74) is 2.84. The second-order valence-electron chi connectivity index (χ2n) is 7.20. The number of benzene rings is 2. The fourth-order valence-corrected chi connectivity index (χ4v) is 5.70. The maximum absolute atomic E-state index is 13.4. The smallest absolute Gasteiger partial charge is 0.245 e. The first-order valence-electron chi connectivity index (χ1n) is 9.67. The Hall–Kier alpha value is -2.62. The number of aryl methyl sites for hydroxylation is 2. The minimum Gasteiger partial charge on any atom is -0.299 e. The standard InChI is InChI=1S/C21H22N4O3S2/c1-3-19-23-24-21(29-19)22-20(26)18-12-15-6-4-5-7-16(15)13-25(18)30(27,28)17-10-8-14(2)9-11-17/h4-11,18H,3,12-13H2,1-2H3,(H,22,24,26)/t18-/m0/s1. The molecule has 1 aromatic heterocycles. The SMILES string of the molecule is CCc1nnc(NC(=O)[C@@H]2Cc3ccccc3CN2S(=O)(=O)c2ccc(C)cc2)s1. The Kier molecular flexibility index (Phi) is 5.68. The molecule has 0 unspecified atom stereocenters. The Bertz CT molecular complexity index is 1170. The molecule has 4 rings (SSSR count). The minimum atomic E-state index is -3.87. The van der Waals surface area contributed by atoms with Gasteiger partial charge in [-0.1, -0.05) is 60.2 Å². The van der Waals surface area contributed by atoms with Gasteiger partial charge in [-0.25, -0.2) is 8.42 Å². The summed E-state index contributed by atoms with van der Waals surface area (Å²) in [6, 6.07) is 13.4. The van der Waals surface area contributed by atoms with E-state index in [0.29, 0.717) is 11.6 Å². The molecular weight excluding hydrogens is 420 g/mol. The molecule has 1 N–H and O–H groups in total. The van der Waals surface area contributed by atoms with Crippen LogP contribution >= 0.6 is 11.3 Å². The van der Waals surface area contributed by atoms with E-state index in [4.69, 9.17) is 0 Å². The zero-order valence-electron chi connectivity index (χ0n) is 16.7. The summed E-state index contributed by atoms with van der Waals surface area (Å²) in [5, 5.41) is 12.0. The van der Waals surface area contributed by atoms with Crippen LogP contribution in [0.15, 0.2) is 53.4 Å². The molecule has 1 amide bonds. The van der Waals surface area contributed by atoms with Gasteiger partial charge < -0.3 is 0 Å². The quantitative estimate of drug-likeness (QED) is 0.655. The van der Waals surface area contributed by atoms with Crippen LogP contribution in [0.3, 0.4) is 0 Å². The second-order valence-corrected chi connectivity index (χ2v) is 10.1. The fourth-order valence-electron chi connectivity index (χ4n) is 3.46. The summed E-state index contributed by atoms with van der Waals surface area (Å²) >= 11 is 1.30. The van der Waals surface area contributed by atoms with Crippen LogP contribution in [-0.2, 0) is 34.2 Å². The third-order valence-corrected chi connectivity index (χ3v) is 7.99. The number of anilines is 1. The van der Waals surface area contributed by atoms with Gasteiger partial charge in [0, 0.05) is 6.54 Å². The molecule has 0 aliphatic carbocycles. The summed E-state index contributed by atoms with van der Waals surface area (Å²) < 4.78 is 28.2. The topological polar surface area (TPSA) is 92.3 Å². The van der Waals surface area contributed by atoms with Gasteiger partial charge >= 0.3 is 0 Å². The molecule has 9 heteroatoms. The molecule has 0 saturated heterocycles. The molecule has 0 saturated carbocycles. The number of hydrogen-bond donors (Lipinski definition) is 1. The van der Waals surface area contributed by atoms with E-state index >= 15 is 0 Å². The molecule has 2 heterocycles. The van der Waals surface area contributed by atoms with Gasteiger partial charge in [0.1, 0.15) is 11.0 Å². The molecule has 1 aliphatic rings. The molecule has 0 radical (unpaired) electrons. The number of amides is 1. The van der Waals surface area contributed by atoms with Crippen molar-refractivity contribution in [2.24, 2.45) is 0 Å². The number of rotatable bonds is 5. The third kappa shape index (κ3) is 4.00. The van der Waals surface area contributed by atoms with Gasteiger partial charge in [-0.3, -0.25) is 10.1 Å². The first-order valence-corrected chi connectivity index (χ1v) is 11.9. The number of fused-ring (bicyclic) bond motifs is 1. The zero-order chi connectivity index (χ0) is 21.3. The van der Waals surface area contributed by atoms with Gasteiger partial charge in [-0.05, 0) is 43.0 Å². The van der Waals surface area contributed by atoms with E-state index < -0.39 is 22.0 Å². The molecule has 0 bridgehead atoms. The first kappa shape index (κ1) is 20.6. The number of nitrogens with zero attached hydrogens (tertiary/aromatic N) is 3. The highest BCUT2D eigenvalue weighted by Gasteiger charge is 2.39. The average Bonchev–Trinajstić information content (AvgIpc) is 3.20. The minimum absolute atomic E-state index is 0.140. The lowest BCUT2D eigenvalue weighted by Crippen LogP contribution is -2.50. The molecule has 2 aromatic carbocycles. The van der Waals surface area contributed by atoms with E-state index in [0.717, 1.165) is 28.1 Å². The van der Waals surface area contributed by atoms with Crippen LogP contribution in [0, 0.1) is 6.92 Å². The van der Waals surface area contributed by atoms with Gasteiger partial charge in [0.15, 0.2) is 0 Å². The monoisotopic (exact) mass is 442 g/mol. The van der Waals surface area contributed by atoms with Crippen LogP contribution in [0.25, 0.3) is 0 Å². The Morgan fingerprint density at radius 3 is 2.50 bits per heavy atom. The van der Waals surface area contributed by atoms with E-state index in [9.17, 15) is 13.2 Å². The number of hydrogen-bond acceptors (Lipinski definition) is 6. The number of nitrogens with one attached hydrogen (secondary N) is 1. The zero-order valence-corrected chi connectivity index (χ0v) is 18.3. The van der Waals surface area contributed by atoms with Crippen LogP contribution < -0.4 is 5.32 Å². The maximum Gasteiger partial charge on any atom is 0.245 e. The third-order valence-electron chi connectivity index (χ3n) is 5.14. The molecule has 156 valence electrons. The fraction of sp³-hybridized carbons (Fsp3) is 0.286. The summed E-state index contributed by atoms with van der Waals surface area (Å²) in [6.45, 7) is 4.00. The highest BCUT2D eigenvalue weighted by Crippen LogP contribution is 2.30. The Balaban J connectivity index is 1.69. The summed E-state index contributed by atoms with van der Waals surface area (Å²) in [4.78, 5) is 13.3. The molecule has 1 atom stereocenters. The lowest BCUT2D eigenvalue weighted by molar-refractivity contribution is -0.120. The van der Waals surface area contributed by atoms with E-state index in [1.165, 1.54) is 15.6 Å². The van der Waals surface area contributed by atoms with Crippen molar-refractivity contribution in [3.05, 3.63) is 70.2 Å². The Morgan fingerprint density at radius 1 is 1.13 bits per heavy atom. The van der Waals surface area contributed by atoms with E-state index in [-0.39, 0.29) is 11.4 Å². The van der Waals surface area contributed by atoms with Crippen LogP contribution in [-0.4, -0.2) is 34.9 Å². The average molecular weight is 443 g/mol. The Morgan fingerprint density at radius 2 is 1.83 bits per heavy atom. The van der Waals surface area contributed by atoms with Gasteiger partial charge in [0.2, 0.25) is 21.1 Å². The van der Waals surface area contributed by atoms with Crippen LogP contribution in [0.5, 0.6) is 0 Å². The highest BCUT2D eigenvalue weighted by molar-refractivity contribution is 7.89. The van der Waals surface area contributed by atoms with Gasteiger partial charge in [-0.15, -0.1) is 10.2 Å². The van der Waals surface area contributed by atoms with Gasteiger partial charge in [-0.2, -0.15) is 4.31 Å². The number of sulfonamides is 1. The van der Waals surface area contributed by atoms with Crippen molar-refractivity contribution in [1.82, 2.24) is 14.5 Å². The van der Waals surface area contributed by atoms with Gasteiger partial charge in [0.05, 0.1) is 4.90 Å². The van der Waals surface area contributed by atoms with Crippen molar-refractivity contribution in [2.45, 2.75) is 44.2 Å². The summed E-state index contributed by atoms with van der Waals surface area (Å²) in [7, 11) is -3.87. The molecule has 1 aliphatic heterocycles. The van der Waals surface area contributed by atoms with Crippen LogP contribution in [0.1, 0.15) is 28.6 Å². The molecule has 3 aromatic rings. The van der Waals surface area contributed by atoms with Crippen molar-refractivity contribution in [1.29, 1.82) is 0 Å². The molecule has 30 heavy (non-hydrogen) atoms. The normalized spacial score (nSPS) is 16.8. The number of carbonyl (C=O) groups is 1. The molecular formula is C21H22N4O3S2. The predicted molar refractivity (Wildman–Crippen MR) is 116 cm³/mol. The lowest BCUT2D eigenvalue weighted by atomic mass is 9.95. The predicted octanol–water partition coefficient (Wildman–Crippen LogP) is 3.16. The van der Waals surface area contributed by atoms with E-state index in [1.54, 1.807) is 24.3 Å². The molecule has 7 nitrogen and oxygen atoms in total. The van der Waals surface area contributed by atoms with Crippen molar-refractivity contribution in [3.8, 4) is 0 Å². The lowest BCUT2D eigenvalue weighted by Gasteiger charge is -2.34. The summed E-state index contributed by atoms with van der Waals surface area (Å²) in [6.07, 6.45) is 1.02. The molecule has 0 fully saturated rings. The van der Waals surface area contributed by atoms with Crippen molar-refractivity contribution in [3.63, 3.8) is 0 Å². The Labute approximate surface area is 179 Å². The number of aromatic nitrogens is 2. The number of carbonyl (C=O) groups excluding carboxylic acids is 1. The van der Waals surface area contributed by atoms with Crippen molar-refractivity contribution < 1.29 is 13.2 Å². The van der Waals surface area contributed by atoms with Crippen molar-refractivity contribution >= 4 is 32.4 Å². The highest BCUT2D eigenvalue weighted by atomic mass is 32.2.